The molecule has 5 rings (SSSR count). The van der Waals surface area contributed by atoms with Crippen molar-refractivity contribution < 1.29 is 23.7 Å². The van der Waals surface area contributed by atoms with Gasteiger partial charge in [0.15, 0.2) is 5.60 Å². The minimum atomic E-state index is -1.25. The Morgan fingerprint density at radius 1 is 0.828 bits per heavy atom. The third kappa shape index (κ3) is 2.38. The molecule has 0 amide bonds. The maximum atomic E-state index is 12.8. The Balaban J connectivity index is 1.90. The summed E-state index contributed by atoms with van der Waals surface area (Å²) in [6.45, 7) is 0. The van der Waals surface area contributed by atoms with Gasteiger partial charge in [-0.25, -0.2) is 4.79 Å². The van der Waals surface area contributed by atoms with Gasteiger partial charge in [-0.15, -0.1) is 0 Å². The molecule has 29 heavy (non-hydrogen) atoms. The molecule has 146 valence electrons. The van der Waals surface area contributed by atoms with Gasteiger partial charge in [0.1, 0.15) is 23.0 Å². The smallest absolute Gasteiger partial charge is 0.340 e. The molecule has 0 saturated heterocycles. The summed E-state index contributed by atoms with van der Waals surface area (Å²) in [5.74, 6) is 1.39. The van der Waals surface area contributed by atoms with E-state index in [2.05, 4.69) is 0 Å². The van der Waals surface area contributed by atoms with E-state index < -0.39 is 11.6 Å². The highest BCUT2D eigenvalue weighted by Crippen LogP contribution is 2.58. The fourth-order valence-corrected chi connectivity index (χ4v) is 4.46. The Hall–Kier alpha value is -2.89. The Bertz CT molecular complexity index is 1130. The molecule has 0 aromatic heterocycles. The van der Waals surface area contributed by atoms with Gasteiger partial charge in [0.05, 0.1) is 29.8 Å². The van der Waals surface area contributed by atoms with Crippen LogP contribution in [0.5, 0.6) is 23.0 Å². The maximum absolute atomic E-state index is 12.8. The molecule has 0 N–H and O–H groups in total. The number of fused-ring (bicyclic) bond motifs is 6. The summed E-state index contributed by atoms with van der Waals surface area (Å²) >= 11 is 12.9. The number of methoxy groups -OCH3 is 2. The molecule has 3 aromatic rings. The number of benzene rings is 3. The van der Waals surface area contributed by atoms with Gasteiger partial charge in [0, 0.05) is 28.8 Å². The third-order valence-electron chi connectivity index (χ3n) is 5.26. The summed E-state index contributed by atoms with van der Waals surface area (Å²) in [6, 6.07) is 14.0. The molecule has 2 aliphatic heterocycles. The maximum Gasteiger partial charge on any atom is 0.340 e. The minimum Gasteiger partial charge on any atom is -0.495 e. The van der Waals surface area contributed by atoms with Crippen LogP contribution in [0.25, 0.3) is 0 Å². The summed E-state index contributed by atoms with van der Waals surface area (Å²) < 4.78 is 22.9. The van der Waals surface area contributed by atoms with E-state index in [4.69, 9.17) is 42.1 Å². The fraction of sp³-hybridized carbons (Fsp3) is 0.136. The van der Waals surface area contributed by atoms with Crippen LogP contribution in [0.15, 0.2) is 48.5 Å². The summed E-state index contributed by atoms with van der Waals surface area (Å²) in [6.07, 6.45) is 0. The second-order valence-corrected chi connectivity index (χ2v) is 7.50. The number of ether oxygens (including phenoxy) is 4. The van der Waals surface area contributed by atoms with Crippen molar-refractivity contribution in [3.63, 3.8) is 0 Å². The lowest BCUT2D eigenvalue weighted by Gasteiger charge is -2.37. The lowest BCUT2D eigenvalue weighted by atomic mass is 9.77. The normalized spacial score (nSPS) is 15.1. The standard InChI is InChI=1S/C22H14Cl2O5/c1-26-19-9-17-13(7-15(19)23)22(12-6-4-3-5-11(12)21(25)29-22)14-8-16(24)20(27-2)10-18(14)28-17/h3-10H,1-2H3. The third-order valence-corrected chi connectivity index (χ3v) is 5.85. The van der Waals surface area contributed by atoms with Crippen LogP contribution >= 0.6 is 23.2 Å². The lowest BCUT2D eigenvalue weighted by Crippen LogP contribution is -2.33. The number of halogens is 2. The topological polar surface area (TPSA) is 54.0 Å². The highest BCUT2D eigenvalue weighted by molar-refractivity contribution is 6.32. The Labute approximate surface area is 176 Å². The van der Waals surface area contributed by atoms with Crippen molar-refractivity contribution >= 4 is 29.2 Å². The highest BCUT2D eigenvalue weighted by atomic mass is 35.5. The van der Waals surface area contributed by atoms with Gasteiger partial charge in [-0.05, 0) is 18.2 Å². The minimum absolute atomic E-state index is 0.373. The molecule has 7 heteroatoms. The fourth-order valence-electron chi connectivity index (χ4n) is 3.98. The molecule has 5 nitrogen and oxygen atoms in total. The second-order valence-electron chi connectivity index (χ2n) is 6.68. The van der Waals surface area contributed by atoms with Crippen molar-refractivity contribution in [1.82, 2.24) is 0 Å². The van der Waals surface area contributed by atoms with Crippen molar-refractivity contribution in [2.75, 3.05) is 14.2 Å². The lowest BCUT2D eigenvalue weighted by molar-refractivity contribution is 0.0224. The molecule has 0 unspecified atom stereocenters. The predicted molar refractivity (Wildman–Crippen MR) is 108 cm³/mol. The van der Waals surface area contributed by atoms with E-state index in [1.807, 2.05) is 12.1 Å². The number of rotatable bonds is 2. The van der Waals surface area contributed by atoms with Crippen LogP contribution in [0.4, 0.5) is 0 Å². The van der Waals surface area contributed by atoms with E-state index in [0.29, 0.717) is 55.3 Å². The summed E-state index contributed by atoms with van der Waals surface area (Å²) in [5.41, 5.74) is 1.11. The molecule has 3 aromatic carbocycles. The van der Waals surface area contributed by atoms with Crippen molar-refractivity contribution in [1.29, 1.82) is 0 Å². The van der Waals surface area contributed by atoms with Crippen molar-refractivity contribution in [2.24, 2.45) is 0 Å². The van der Waals surface area contributed by atoms with Crippen LogP contribution in [0.2, 0.25) is 10.0 Å². The first-order valence-corrected chi connectivity index (χ1v) is 9.52. The zero-order valence-corrected chi connectivity index (χ0v) is 16.9. The van der Waals surface area contributed by atoms with Crippen molar-refractivity contribution in [3.8, 4) is 23.0 Å². The molecular formula is C22H14Cl2O5. The van der Waals surface area contributed by atoms with Gasteiger partial charge in [0.25, 0.3) is 0 Å². The molecule has 0 saturated carbocycles. The highest BCUT2D eigenvalue weighted by Gasteiger charge is 2.54. The Morgan fingerprint density at radius 2 is 1.38 bits per heavy atom. The zero-order valence-electron chi connectivity index (χ0n) is 15.4. The monoisotopic (exact) mass is 428 g/mol. The number of hydrogen-bond acceptors (Lipinski definition) is 5. The van der Waals surface area contributed by atoms with E-state index in [1.165, 1.54) is 14.2 Å². The molecule has 0 aliphatic carbocycles. The summed E-state index contributed by atoms with van der Waals surface area (Å²) in [5, 5.41) is 0.746. The van der Waals surface area contributed by atoms with E-state index >= 15 is 0 Å². The molecule has 0 radical (unpaired) electrons. The van der Waals surface area contributed by atoms with Gasteiger partial charge in [0.2, 0.25) is 0 Å². The summed E-state index contributed by atoms with van der Waals surface area (Å²) in [7, 11) is 3.04. The van der Waals surface area contributed by atoms with Crippen LogP contribution in [-0.2, 0) is 10.3 Å². The number of hydrogen-bond donors (Lipinski definition) is 0. The zero-order chi connectivity index (χ0) is 20.3. The van der Waals surface area contributed by atoms with Crippen LogP contribution < -0.4 is 14.2 Å². The quantitative estimate of drug-likeness (QED) is 0.498. The Kier molecular flexibility index (Phi) is 3.95. The van der Waals surface area contributed by atoms with Crippen molar-refractivity contribution in [2.45, 2.75) is 5.60 Å². The molecule has 0 atom stereocenters. The SMILES string of the molecule is COc1cc2c(cc1Cl)C1(OC(=O)c3ccccc31)c1cc(Cl)c(OC)cc1O2. The molecule has 0 bridgehead atoms. The van der Waals surface area contributed by atoms with Gasteiger partial charge >= 0.3 is 5.97 Å². The molecule has 2 heterocycles. The van der Waals surface area contributed by atoms with Crippen LogP contribution in [-0.4, -0.2) is 20.2 Å². The van der Waals surface area contributed by atoms with E-state index in [0.717, 1.165) is 0 Å². The van der Waals surface area contributed by atoms with E-state index in [1.54, 1.807) is 36.4 Å². The Morgan fingerprint density at radius 3 is 1.93 bits per heavy atom. The van der Waals surface area contributed by atoms with Gasteiger partial charge in [-0.3, -0.25) is 0 Å². The molecule has 2 aliphatic rings. The summed E-state index contributed by atoms with van der Waals surface area (Å²) in [4.78, 5) is 12.8. The van der Waals surface area contributed by atoms with Gasteiger partial charge in [-0.2, -0.15) is 0 Å². The predicted octanol–water partition coefficient (Wildman–Crippen LogP) is 5.58. The first-order valence-electron chi connectivity index (χ1n) is 8.76. The van der Waals surface area contributed by atoms with Crippen molar-refractivity contribution in [3.05, 3.63) is 80.8 Å². The molecule has 0 fully saturated rings. The second kappa shape index (κ2) is 6.31. The van der Waals surface area contributed by atoms with Gasteiger partial charge in [-0.1, -0.05) is 41.4 Å². The van der Waals surface area contributed by atoms with Gasteiger partial charge < -0.3 is 18.9 Å². The number of carbonyl (C=O) groups is 1. The average molecular weight is 429 g/mol. The first-order chi connectivity index (χ1) is 14.0. The number of carbonyl (C=O) groups excluding carboxylic acids is 1. The average Bonchev–Trinajstić information content (AvgIpc) is 3.02. The largest absolute Gasteiger partial charge is 0.495 e. The first kappa shape index (κ1) is 18.2. The van der Waals surface area contributed by atoms with E-state index in [9.17, 15) is 4.79 Å². The van der Waals surface area contributed by atoms with E-state index in [-0.39, 0.29) is 0 Å². The molecule has 1 spiro atoms. The molecular weight excluding hydrogens is 415 g/mol. The van der Waals surface area contributed by atoms with Crippen LogP contribution in [0.1, 0.15) is 27.0 Å². The van der Waals surface area contributed by atoms with Crippen LogP contribution in [0.3, 0.4) is 0 Å². The number of esters is 1. The van der Waals surface area contributed by atoms with Crippen LogP contribution in [0, 0.1) is 0 Å².